The van der Waals surface area contributed by atoms with E-state index in [0.29, 0.717) is 17.4 Å². The first-order valence-corrected chi connectivity index (χ1v) is 9.42. The molecule has 1 aromatic heterocycles. The fourth-order valence-corrected chi connectivity index (χ4v) is 3.10. The minimum Gasteiger partial charge on any atom is -0.494 e. The Bertz CT molecular complexity index is 935. The topological polar surface area (TPSA) is 51.2 Å². The van der Waals surface area contributed by atoms with Crippen LogP contribution in [0, 0.1) is 0 Å². The van der Waals surface area contributed by atoms with Crippen LogP contribution in [0.2, 0.25) is 0 Å². The van der Waals surface area contributed by atoms with Gasteiger partial charge in [0.1, 0.15) is 5.75 Å². The number of aromatic nitrogens is 1. The fourth-order valence-electron chi connectivity index (χ4n) is 2.39. The highest BCUT2D eigenvalue weighted by Crippen LogP contribution is 2.30. The first kappa shape index (κ1) is 19.9. The Labute approximate surface area is 164 Å². The summed E-state index contributed by atoms with van der Waals surface area (Å²) in [5, 5.41) is 4.77. The van der Waals surface area contributed by atoms with Gasteiger partial charge in [0.25, 0.3) is 5.91 Å². The van der Waals surface area contributed by atoms with Gasteiger partial charge in [0, 0.05) is 16.5 Å². The molecule has 0 aliphatic rings. The van der Waals surface area contributed by atoms with Crippen molar-refractivity contribution in [2.45, 2.75) is 19.5 Å². The van der Waals surface area contributed by atoms with Crippen molar-refractivity contribution in [3.63, 3.8) is 0 Å². The average Bonchev–Trinajstić information content (AvgIpc) is 3.14. The Morgan fingerprint density at radius 1 is 1.11 bits per heavy atom. The van der Waals surface area contributed by atoms with Gasteiger partial charge in [-0.2, -0.15) is 13.2 Å². The van der Waals surface area contributed by atoms with Gasteiger partial charge in [0.05, 0.1) is 17.9 Å². The van der Waals surface area contributed by atoms with E-state index in [1.54, 1.807) is 5.38 Å². The van der Waals surface area contributed by atoms with Gasteiger partial charge in [0.15, 0.2) is 5.13 Å². The Morgan fingerprint density at radius 2 is 1.79 bits per heavy atom. The van der Waals surface area contributed by atoms with E-state index in [4.69, 9.17) is 4.74 Å². The van der Waals surface area contributed by atoms with E-state index in [0.717, 1.165) is 42.0 Å². The van der Waals surface area contributed by atoms with Crippen LogP contribution in [0.5, 0.6) is 5.75 Å². The molecule has 1 heterocycles. The van der Waals surface area contributed by atoms with Crippen LogP contribution in [0.4, 0.5) is 18.3 Å². The third-order valence-electron chi connectivity index (χ3n) is 3.82. The summed E-state index contributed by atoms with van der Waals surface area (Å²) < 4.78 is 43.3. The Balaban J connectivity index is 1.66. The van der Waals surface area contributed by atoms with Crippen molar-refractivity contribution in [1.29, 1.82) is 0 Å². The van der Waals surface area contributed by atoms with Gasteiger partial charge in [0.2, 0.25) is 0 Å². The maximum atomic E-state index is 12.6. The molecule has 2 aromatic carbocycles. The van der Waals surface area contributed by atoms with Gasteiger partial charge in [-0.3, -0.25) is 10.1 Å². The molecule has 0 bridgehead atoms. The van der Waals surface area contributed by atoms with Crippen LogP contribution >= 0.6 is 11.3 Å². The smallest absolute Gasteiger partial charge is 0.416 e. The van der Waals surface area contributed by atoms with E-state index in [9.17, 15) is 18.0 Å². The predicted molar refractivity (Wildman–Crippen MR) is 103 cm³/mol. The van der Waals surface area contributed by atoms with Crippen molar-refractivity contribution < 1.29 is 22.7 Å². The lowest BCUT2D eigenvalue weighted by Gasteiger charge is -2.07. The maximum absolute atomic E-state index is 12.6. The fraction of sp³-hybridized carbons (Fsp3) is 0.200. The molecule has 1 N–H and O–H groups in total. The minimum absolute atomic E-state index is 0.127. The average molecular weight is 406 g/mol. The number of nitrogens with one attached hydrogen (secondary N) is 1. The van der Waals surface area contributed by atoms with Crippen molar-refractivity contribution in [3.8, 4) is 17.0 Å². The van der Waals surface area contributed by atoms with E-state index in [2.05, 4.69) is 10.3 Å². The number of thiazole rings is 1. The van der Waals surface area contributed by atoms with E-state index in [-0.39, 0.29) is 5.56 Å². The van der Waals surface area contributed by atoms with Gasteiger partial charge in [-0.05, 0) is 55.0 Å². The van der Waals surface area contributed by atoms with Gasteiger partial charge in [-0.1, -0.05) is 6.92 Å². The number of carbonyl (C=O) groups is 1. The van der Waals surface area contributed by atoms with Crippen LogP contribution < -0.4 is 10.1 Å². The first-order valence-electron chi connectivity index (χ1n) is 8.54. The highest BCUT2D eigenvalue weighted by molar-refractivity contribution is 7.14. The first-order chi connectivity index (χ1) is 13.4. The molecule has 8 heteroatoms. The van der Waals surface area contributed by atoms with Crippen LogP contribution in [0.15, 0.2) is 53.9 Å². The molecular weight excluding hydrogens is 389 g/mol. The molecule has 0 aliphatic carbocycles. The number of hydrogen-bond acceptors (Lipinski definition) is 4. The van der Waals surface area contributed by atoms with Crippen LogP contribution in [0.3, 0.4) is 0 Å². The molecule has 3 rings (SSSR count). The summed E-state index contributed by atoms with van der Waals surface area (Å²) in [6.07, 6.45) is -3.51. The Kier molecular flexibility index (Phi) is 5.99. The maximum Gasteiger partial charge on any atom is 0.416 e. The number of benzene rings is 2. The van der Waals surface area contributed by atoms with Gasteiger partial charge in [-0.15, -0.1) is 11.3 Å². The normalized spacial score (nSPS) is 11.3. The summed E-state index contributed by atoms with van der Waals surface area (Å²) in [6, 6.07) is 11.5. The number of ether oxygens (including phenoxy) is 1. The van der Waals surface area contributed by atoms with Crippen molar-refractivity contribution in [1.82, 2.24) is 4.98 Å². The molecule has 4 nitrogen and oxygen atoms in total. The zero-order chi connectivity index (χ0) is 20.1. The number of halogens is 3. The van der Waals surface area contributed by atoms with Crippen LogP contribution in [-0.2, 0) is 6.18 Å². The highest BCUT2D eigenvalue weighted by Gasteiger charge is 2.30. The SMILES string of the molecule is CCCOc1ccc(-c2csc(NC(=O)c3ccc(C(F)(F)F)cc3)n2)cc1. The predicted octanol–water partition coefficient (Wildman–Crippen LogP) is 5.87. The van der Waals surface area contributed by atoms with E-state index in [1.807, 2.05) is 31.2 Å². The quantitative estimate of drug-likeness (QED) is 0.557. The van der Waals surface area contributed by atoms with Crippen LogP contribution in [-0.4, -0.2) is 17.5 Å². The van der Waals surface area contributed by atoms with Crippen molar-refractivity contribution in [2.24, 2.45) is 0 Å². The molecule has 28 heavy (non-hydrogen) atoms. The highest BCUT2D eigenvalue weighted by atomic mass is 32.1. The van der Waals surface area contributed by atoms with Gasteiger partial charge < -0.3 is 4.74 Å². The molecule has 0 radical (unpaired) electrons. The van der Waals surface area contributed by atoms with Crippen LogP contribution in [0.25, 0.3) is 11.3 Å². The van der Waals surface area contributed by atoms with Gasteiger partial charge >= 0.3 is 6.18 Å². The zero-order valence-corrected chi connectivity index (χ0v) is 15.7. The number of anilines is 1. The summed E-state index contributed by atoms with van der Waals surface area (Å²) in [6.45, 7) is 2.68. The number of nitrogens with zero attached hydrogens (tertiary/aromatic N) is 1. The second-order valence-corrected chi connectivity index (χ2v) is 6.80. The van der Waals surface area contributed by atoms with Crippen LogP contribution in [0.1, 0.15) is 29.3 Å². The number of rotatable bonds is 6. The largest absolute Gasteiger partial charge is 0.494 e. The number of carbonyl (C=O) groups excluding carboxylic acids is 1. The van der Waals surface area contributed by atoms with Gasteiger partial charge in [-0.25, -0.2) is 4.98 Å². The molecule has 146 valence electrons. The summed E-state index contributed by atoms with van der Waals surface area (Å²) >= 11 is 1.24. The molecule has 1 amide bonds. The number of amides is 1. The second-order valence-electron chi connectivity index (χ2n) is 5.94. The third-order valence-corrected chi connectivity index (χ3v) is 4.58. The molecule has 0 unspecified atom stereocenters. The molecular formula is C20H17F3N2O2S. The molecule has 0 spiro atoms. The zero-order valence-electron chi connectivity index (χ0n) is 14.9. The van der Waals surface area contributed by atoms with E-state index >= 15 is 0 Å². The van der Waals surface area contributed by atoms with E-state index < -0.39 is 17.6 Å². The summed E-state index contributed by atoms with van der Waals surface area (Å²) in [4.78, 5) is 16.6. The lowest BCUT2D eigenvalue weighted by atomic mass is 10.1. The third kappa shape index (κ3) is 4.89. The number of alkyl halides is 3. The molecule has 0 saturated heterocycles. The summed E-state index contributed by atoms with van der Waals surface area (Å²) in [5.74, 6) is 0.259. The molecule has 0 aliphatic heterocycles. The standard InChI is InChI=1S/C20H17F3N2O2S/c1-2-11-27-16-9-5-13(6-10-16)17-12-28-19(24-17)25-18(26)14-3-7-15(8-4-14)20(21,22)23/h3-10,12H,2,11H2,1H3,(H,24,25,26). The molecule has 3 aromatic rings. The summed E-state index contributed by atoms with van der Waals surface area (Å²) in [5.41, 5.74) is 0.888. The van der Waals surface area contributed by atoms with Crippen molar-refractivity contribution in [2.75, 3.05) is 11.9 Å². The number of hydrogen-bond donors (Lipinski definition) is 1. The Hall–Kier alpha value is -2.87. The lowest BCUT2D eigenvalue weighted by molar-refractivity contribution is -0.137. The molecule has 0 saturated carbocycles. The van der Waals surface area contributed by atoms with Crippen molar-refractivity contribution in [3.05, 3.63) is 65.0 Å². The van der Waals surface area contributed by atoms with Crippen molar-refractivity contribution >= 4 is 22.4 Å². The van der Waals surface area contributed by atoms with E-state index in [1.165, 1.54) is 11.3 Å². The minimum atomic E-state index is -4.43. The lowest BCUT2D eigenvalue weighted by Crippen LogP contribution is -2.12. The second kappa shape index (κ2) is 8.43. The molecule has 0 fully saturated rings. The summed E-state index contributed by atoms with van der Waals surface area (Å²) in [7, 11) is 0. The molecule has 0 atom stereocenters. The Morgan fingerprint density at radius 3 is 2.39 bits per heavy atom. The monoisotopic (exact) mass is 406 g/mol.